The van der Waals surface area contributed by atoms with Crippen LogP contribution in [-0.4, -0.2) is 6.54 Å². The van der Waals surface area contributed by atoms with Crippen molar-refractivity contribution in [3.63, 3.8) is 0 Å². The van der Waals surface area contributed by atoms with Crippen molar-refractivity contribution in [1.82, 2.24) is 5.32 Å². The number of hydrogen-bond donors (Lipinski definition) is 1. The fourth-order valence-electron chi connectivity index (χ4n) is 1.61. The third kappa shape index (κ3) is 1.63. The first-order valence-electron chi connectivity index (χ1n) is 4.22. The van der Waals surface area contributed by atoms with Gasteiger partial charge in [-0.05, 0) is 41.8 Å². The van der Waals surface area contributed by atoms with Gasteiger partial charge in [0.15, 0.2) is 0 Å². The highest BCUT2D eigenvalue weighted by Gasteiger charge is 2.13. The van der Waals surface area contributed by atoms with Crippen LogP contribution in [0, 0.1) is 0 Å². The van der Waals surface area contributed by atoms with Crippen molar-refractivity contribution >= 4 is 11.3 Å². The van der Waals surface area contributed by atoms with Crippen molar-refractivity contribution in [2.45, 2.75) is 25.3 Å². The van der Waals surface area contributed by atoms with Crippen LogP contribution in [0.15, 0.2) is 16.8 Å². The highest BCUT2D eigenvalue weighted by molar-refractivity contribution is 7.07. The Morgan fingerprint density at radius 2 is 2.45 bits per heavy atom. The number of piperidine rings is 1. The van der Waals surface area contributed by atoms with E-state index >= 15 is 0 Å². The second-order valence-electron chi connectivity index (χ2n) is 3.06. The van der Waals surface area contributed by atoms with Crippen LogP contribution in [0.5, 0.6) is 0 Å². The van der Waals surface area contributed by atoms with Gasteiger partial charge in [0.1, 0.15) is 0 Å². The van der Waals surface area contributed by atoms with Crippen molar-refractivity contribution in [2.24, 2.45) is 0 Å². The van der Waals surface area contributed by atoms with Crippen LogP contribution in [0.3, 0.4) is 0 Å². The van der Waals surface area contributed by atoms with Crippen LogP contribution < -0.4 is 5.32 Å². The Morgan fingerprint density at radius 1 is 1.45 bits per heavy atom. The third-order valence-corrected chi connectivity index (χ3v) is 2.96. The van der Waals surface area contributed by atoms with Gasteiger partial charge in [-0.3, -0.25) is 0 Å². The Kier molecular flexibility index (Phi) is 2.24. The summed E-state index contributed by atoms with van der Waals surface area (Å²) in [6.45, 7) is 1.19. The molecule has 1 aliphatic rings. The topological polar surface area (TPSA) is 12.0 Å². The van der Waals surface area contributed by atoms with Crippen LogP contribution in [0.25, 0.3) is 0 Å². The Balaban J connectivity index is 2.04. The lowest BCUT2D eigenvalue weighted by atomic mass is 10.0. The number of hydrogen-bond acceptors (Lipinski definition) is 2. The average molecular weight is 167 g/mol. The Morgan fingerprint density at radius 3 is 3.09 bits per heavy atom. The zero-order chi connectivity index (χ0) is 7.52. The summed E-state index contributed by atoms with van der Waals surface area (Å²) in [6.07, 6.45) is 4.05. The lowest BCUT2D eigenvalue weighted by molar-refractivity contribution is 0.413. The second-order valence-corrected chi connectivity index (χ2v) is 3.84. The second kappa shape index (κ2) is 3.37. The molecule has 1 unspecified atom stereocenters. The van der Waals surface area contributed by atoms with Gasteiger partial charge in [-0.25, -0.2) is 0 Å². The molecule has 1 saturated heterocycles. The van der Waals surface area contributed by atoms with Crippen molar-refractivity contribution < 1.29 is 0 Å². The number of nitrogens with one attached hydrogen (secondary N) is 1. The van der Waals surface area contributed by atoms with E-state index in [2.05, 4.69) is 22.1 Å². The van der Waals surface area contributed by atoms with E-state index in [-0.39, 0.29) is 0 Å². The molecule has 0 aromatic carbocycles. The zero-order valence-corrected chi connectivity index (χ0v) is 7.36. The molecule has 2 heteroatoms. The van der Waals surface area contributed by atoms with Crippen molar-refractivity contribution in [3.05, 3.63) is 22.4 Å². The molecule has 1 aromatic heterocycles. The monoisotopic (exact) mass is 167 g/mol. The highest BCUT2D eigenvalue weighted by Crippen LogP contribution is 2.24. The molecule has 11 heavy (non-hydrogen) atoms. The van der Waals surface area contributed by atoms with Gasteiger partial charge < -0.3 is 5.32 Å². The summed E-state index contributed by atoms with van der Waals surface area (Å²) in [5, 5.41) is 7.94. The molecule has 0 amide bonds. The van der Waals surface area contributed by atoms with E-state index in [1.165, 1.54) is 31.4 Å². The number of thiophene rings is 1. The fraction of sp³-hybridized carbons (Fsp3) is 0.556. The van der Waals surface area contributed by atoms with Gasteiger partial charge in [0.25, 0.3) is 0 Å². The number of rotatable bonds is 1. The van der Waals surface area contributed by atoms with Gasteiger partial charge in [0.05, 0.1) is 0 Å². The maximum Gasteiger partial charge on any atom is 0.0328 e. The van der Waals surface area contributed by atoms with Crippen LogP contribution in [-0.2, 0) is 0 Å². The van der Waals surface area contributed by atoms with Gasteiger partial charge in [-0.1, -0.05) is 6.42 Å². The maximum absolute atomic E-state index is 3.53. The Labute approximate surface area is 71.4 Å². The van der Waals surface area contributed by atoms with E-state index in [4.69, 9.17) is 0 Å². The molecule has 0 aliphatic carbocycles. The summed E-state index contributed by atoms with van der Waals surface area (Å²) in [6, 6.07) is 2.88. The van der Waals surface area contributed by atoms with E-state index in [9.17, 15) is 0 Å². The molecule has 1 nitrogen and oxygen atoms in total. The smallest absolute Gasteiger partial charge is 0.0328 e. The van der Waals surface area contributed by atoms with Gasteiger partial charge >= 0.3 is 0 Å². The van der Waals surface area contributed by atoms with E-state index in [0.29, 0.717) is 6.04 Å². The first-order valence-corrected chi connectivity index (χ1v) is 5.16. The molecule has 0 spiro atoms. The molecule has 2 rings (SSSR count). The van der Waals surface area contributed by atoms with Gasteiger partial charge in [-0.15, -0.1) is 0 Å². The molecule has 0 saturated carbocycles. The molecule has 1 atom stereocenters. The van der Waals surface area contributed by atoms with Crippen molar-refractivity contribution in [2.75, 3.05) is 6.54 Å². The highest BCUT2D eigenvalue weighted by atomic mass is 32.1. The van der Waals surface area contributed by atoms with E-state index < -0.39 is 0 Å². The summed E-state index contributed by atoms with van der Waals surface area (Å²) in [5.74, 6) is 0. The average Bonchev–Trinajstić information content (AvgIpc) is 2.58. The fourth-order valence-corrected chi connectivity index (χ4v) is 2.32. The molecule has 1 fully saturated rings. The van der Waals surface area contributed by atoms with Gasteiger partial charge in [0.2, 0.25) is 0 Å². The lowest BCUT2D eigenvalue weighted by Crippen LogP contribution is -2.26. The van der Waals surface area contributed by atoms with Crippen LogP contribution in [0.4, 0.5) is 0 Å². The quantitative estimate of drug-likeness (QED) is 0.678. The van der Waals surface area contributed by atoms with Crippen LogP contribution in [0.1, 0.15) is 30.9 Å². The summed E-state index contributed by atoms with van der Waals surface area (Å²) >= 11 is 1.79. The minimum atomic E-state index is 0.648. The van der Waals surface area contributed by atoms with Crippen molar-refractivity contribution in [1.29, 1.82) is 0 Å². The molecule has 1 aromatic rings. The van der Waals surface area contributed by atoms with Gasteiger partial charge in [0, 0.05) is 6.04 Å². The third-order valence-electron chi connectivity index (χ3n) is 2.26. The molecular weight excluding hydrogens is 154 g/mol. The maximum atomic E-state index is 3.53. The zero-order valence-electron chi connectivity index (χ0n) is 6.55. The predicted octanol–water partition coefficient (Wildman–Crippen LogP) is 2.56. The SMILES string of the molecule is c1cc(C2CCCCN2)cs1. The standard InChI is InChI=1S/C9H13NS/c1-2-5-10-9(3-1)8-4-6-11-7-8/h4,6-7,9-10H,1-3,5H2. The minimum Gasteiger partial charge on any atom is -0.310 e. The summed E-state index contributed by atoms with van der Waals surface area (Å²) in [7, 11) is 0. The van der Waals surface area contributed by atoms with Crippen LogP contribution >= 0.6 is 11.3 Å². The first-order chi connectivity index (χ1) is 5.47. The summed E-state index contributed by atoms with van der Waals surface area (Å²) < 4.78 is 0. The molecular formula is C9H13NS. The molecule has 1 aliphatic heterocycles. The van der Waals surface area contributed by atoms with E-state index in [1.54, 1.807) is 11.3 Å². The summed E-state index contributed by atoms with van der Waals surface area (Å²) in [4.78, 5) is 0. The molecule has 0 radical (unpaired) electrons. The minimum absolute atomic E-state index is 0.648. The predicted molar refractivity (Wildman–Crippen MR) is 48.9 cm³/mol. The first kappa shape index (κ1) is 7.32. The van der Waals surface area contributed by atoms with Crippen LogP contribution in [0.2, 0.25) is 0 Å². The Hall–Kier alpha value is -0.340. The molecule has 1 N–H and O–H groups in total. The van der Waals surface area contributed by atoms with Gasteiger partial charge in [-0.2, -0.15) is 11.3 Å². The molecule has 0 bridgehead atoms. The normalized spacial score (nSPS) is 25.3. The lowest BCUT2D eigenvalue weighted by Gasteiger charge is -2.22. The van der Waals surface area contributed by atoms with Crippen molar-refractivity contribution in [3.8, 4) is 0 Å². The Bertz CT molecular complexity index is 199. The largest absolute Gasteiger partial charge is 0.310 e. The summed E-state index contributed by atoms with van der Waals surface area (Å²) in [5.41, 5.74) is 1.48. The van der Waals surface area contributed by atoms with E-state index in [0.717, 1.165) is 0 Å². The molecule has 2 heterocycles. The van der Waals surface area contributed by atoms with E-state index in [1.807, 2.05) is 0 Å². The molecule has 60 valence electrons.